The Morgan fingerprint density at radius 2 is 2.10 bits per heavy atom. The van der Waals surface area contributed by atoms with Crippen molar-refractivity contribution in [3.05, 3.63) is 56.2 Å². The second kappa shape index (κ2) is 8.75. The maximum absolute atomic E-state index is 12.5. The van der Waals surface area contributed by atoms with Crippen LogP contribution in [-0.2, 0) is 9.53 Å². The Balaban J connectivity index is 1.50. The van der Waals surface area contributed by atoms with E-state index >= 15 is 0 Å². The molecule has 0 saturated heterocycles. The number of ether oxygens (including phenoxy) is 2. The van der Waals surface area contributed by atoms with E-state index < -0.39 is 5.97 Å². The summed E-state index contributed by atoms with van der Waals surface area (Å²) in [5, 5.41) is 9.63. The number of aliphatic carboxylic acids is 1. The molecule has 2 heterocycles. The molecule has 1 aliphatic carbocycles. The molecule has 2 aromatic heterocycles. The molecule has 1 aromatic carbocycles. The topological polar surface area (TPSA) is 98.9 Å². The first-order valence-electron chi connectivity index (χ1n) is 9.28. The molecule has 0 atom stereocenters. The van der Waals surface area contributed by atoms with Gasteiger partial charge in [-0.2, -0.15) is 0 Å². The van der Waals surface area contributed by atoms with Crippen LogP contribution in [0.15, 0.2) is 50.2 Å². The Kier molecular flexibility index (Phi) is 6.08. The zero-order valence-electron chi connectivity index (χ0n) is 15.6. The smallest absolute Gasteiger partial charge is 0.306 e. The van der Waals surface area contributed by atoms with Gasteiger partial charge in [0.15, 0.2) is 16.8 Å². The minimum Gasteiger partial charge on any atom is -0.489 e. The van der Waals surface area contributed by atoms with Crippen molar-refractivity contribution >= 4 is 44.5 Å². The predicted molar refractivity (Wildman–Crippen MR) is 114 cm³/mol. The summed E-state index contributed by atoms with van der Waals surface area (Å²) in [6.07, 6.45) is 2.55. The van der Waals surface area contributed by atoms with Crippen LogP contribution in [-0.4, -0.2) is 35.4 Å². The van der Waals surface area contributed by atoms with Gasteiger partial charge in [-0.1, -0.05) is 17.7 Å². The molecule has 156 valence electrons. The normalized spacial score (nSPS) is 18.2. The fourth-order valence-electron chi connectivity index (χ4n) is 3.25. The van der Waals surface area contributed by atoms with Gasteiger partial charge in [-0.25, -0.2) is 4.98 Å². The first kappa shape index (κ1) is 20.8. The minimum absolute atomic E-state index is 0.0598. The summed E-state index contributed by atoms with van der Waals surface area (Å²) in [5.74, 6) is -0.445. The van der Waals surface area contributed by atoms with E-state index in [-0.39, 0.29) is 29.8 Å². The molecule has 30 heavy (non-hydrogen) atoms. The van der Waals surface area contributed by atoms with E-state index in [1.807, 2.05) is 0 Å². The number of carboxylic acids is 1. The highest BCUT2D eigenvalue weighted by molar-refractivity contribution is 9.10. The Labute approximate surface area is 184 Å². The summed E-state index contributed by atoms with van der Waals surface area (Å²) in [5.41, 5.74) is 0.427. The van der Waals surface area contributed by atoms with Crippen LogP contribution in [0.4, 0.5) is 0 Å². The number of hydrogen-bond acceptors (Lipinski definition) is 6. The van der Waals surface area contributed by atoms with Gasteiger partial charge in [0.2, 0.25) is 0 Å². The second-order valence-electron chi connectivity index (χ2n) is 6.94. The third-order valence-electron chi connectivity index (χ3n) is 4.90. The summed E-state index contributed by atoms with van der Waals surface area (Å²) in [4.78, 5) is 27.7. The maximum Gasteiger partial charge on any atom is 0.306 e. The molecule has 0 aliphatic heterocycles. The lowest BCUT2D eigenvalue weighted by atomic mass is 9.82. The van der Waals surface area contributed by atoms with Gasteiger partial charge in [-0.15, -0.1) is 0 Å². The summed E-state index contributed by atoms with van der Waals surface area (Å²) in [6, 6.07) is 8.07. The quantitative estimate of drug-likeness (QED) is 0.482. The lowest BCUT2D eigenvalue weighted by Gasteiger charge is -2.32. The van der Waals surface area contributed by atoms with E-state index in [9.17, 15) is 9.59 Å². The van der Waals surface area contributed by atoms with Crippen LogP contribution in [0.5, 0.6) is 5.75 Å². The largest absolute Gasteiger partial charge is 0.489 e. The molecule has 9 heteroatoms. The van der Waals surface area contributed by atoms with E-state index in [1.54, 1.807) is 30.5 Å². The van der Waals surface area contributed by atoms with Gasteiger partial charge in [0.1, 0.15) is 18.1 Å². The van der Waals surface area contributed by atoms with Crippen LogP contribution < -0.4 is 10.2 Å². The average molecular weight is 495 g/mol. The van der Waals surface area contributed by atoms with Gasteiger partial charge in [-0.3, -0.25) is 9.59 Å². The number of benzene rings is 1. The van der Waals surface area contributed by atoms with Crippen LogP contribution >= 0.6 is 27.5 Å². The predicted octanol–water partition coefficient (Wildman–Crippen LogP) is 4.53. The molecule has 1 N–H and O–H groups in total. The fraction of sp³-hybridized carbons (Fsp3) is 0.286. The number of aromatic nitrogens is 1. The van der Waals surface area contributed by atoms with Gasteiger partial charge in [0.25, 0.3) is 0 Å². The number of para-hydroxylation sites is 1. The average Bonchev–Trinajstić information content (AvgIpc) is 2.67. The highest BCUT2D eigenvalue weighted by Gasteiger charge is 2.35. The number of carbonyl (C=O) groups is 1. The summed E-state index contributed by atoms with van der Waals surface area (Å²) >= 11 is 9.55. The van der Waals surface area contributed by atoms with Crippen molar-refractivity contribution in [3.63, 3.8) is 0 Å². The summed E-state index contributed by atoms with van der Waals surface area (Å²) in [6.45, 7) is 0.536. The molecule has 0 radical (unpaired) electrons. The first-order valence-corrected chi connectivity index (χ1v) is 10.4. The van der Waals surface area contributed by atoms with Crippen LogP contribution in [0.1, 0.15) is 12.8 Å². The van der Waals surface area contributed by atoms with Crippen LogP contribution in [0.25, 0.3) is 22.4 Å². The lowest BCUT2D eigenvalue weighted by Crippen LogP contribution is -2.37. The van der Waals surface area contributed by atoms with Gasteiger partial charge < -0.3 is 19.0 Å². The molecule has 0 bridgehead atoms. The van der Waals surface area contributed by atoms with Crippen molar-refractivity contribution in [1.82, 2.24) is 4.98 Å². The standard InChI is InChI=1S/C21H17BrClNO6/c22-12-8-17(29-5-4-28-13-6-11(7-13)21(26)27)19(24-10-12)18-9-16(25)14-2-1-3-15(23)20(14)30-18/h1-3,8-11,13H,4-7H2,(H,26,27)/t11-,13-. The van der Waals surface area contributed by atoms with Crippen LogP contribution in [0.3, 0.4) is 0 Å². The molecule has 1 fully saturated rings. The van der Waals surface area contributed by atoms with E-state index in [2.05, 4.69) is 20.9 Å². The van der Waals surface area contributed by atoms with Crippen molar-refractivity contribution < 1.29 is 23.8 Å². The maximum atomic E-state index is 12.5. The molecule has 3 aromatic rings. The van der Waals surface area contributed by atoms with Crippen molar-refractivity contribution in [2.24, 2.45) is 5.92 Å². The number of fused-ring (bicyclic) bond motifs is 1. The van der Waals surface area contributed by atoms with E-state index in [1.165, 1.54) is 6.07 Å². The molecular weight excluding hydrogens is 478 g/mol. The van der Waals surface area contributed by atoms with Gasteiger partial charge in [-0.05, 0) is 47.0 Å². The number of nitrogens with zero attached hydrogens (tertiary/aromatic N) is 1. The zero-order valence-corrected chi connectivity index (χ0v) is 18.0. The molecule has 4 rings (SSSR count). The van der Waals surface area contributed by atoms with E-state index in [4.69, 9.17) is 30.6 Å². The van der Waals surface area contributed by atoms with Crippen molar-refractivity contribution in [2.45, 2.75) is 18.9 Å². The fourth-order valence-corrected chi connectivity index (χ4v) is 3.77. The number of hydrogen-bond donors (Lipinski definition) is 1. The number of halogens is 2. The minimum atomic E-state index is -0.784. The molecular formula is C21H17BrClNO6. The lowest BCUT2D eigenvalue weighted by molar-refractivity contribution is -0.151. The van der Waals surface area contributed by atoms with Crippen molar-refractivity contribution in [2.75, 3.05) is 13.2 Å². The monoisotopic (exact) mass is 493 g/mol. The molecule has 0 unspecified atom stereocenters. The Morgan fingerprint density at radius 1 is 1.30 bits per heavy atom. The van der Waals surface area contributed by atoms with Crippen molar-refractivity contribution in [3.8, 4) is 17.2 Å². The molecule has 1 aliphatic rings. The zero-order chi connectivity index (χ0) is 21.3. The van der Waals surface area contributed by atoms with Gasteiger partial charge in [0.05, 0.1) is 29.0 Å². The molecule has 7 nitrogen and oxygen atoms in total. The van der Waals surface area contributed by atoms with Gasteiger partial charge in [0, 0.05) is 16.7 Å². The Bertz CT molecular complexity index is 1160. The second-order valence-corrected chi connectivity index (χ2v) is 8.26. The molecule has 0 amide bonds. The first-order chi connectivity index (χ1) is 14.4. The van der Waals surface area contributed by atoms with Crippen LogP contribution in [0, 0.1) is 5.92 Å². The Hall–Kier alpha value is -2.42. The summed E-state index contributed by atoms with van der Waals surface area (Å²) in [7, 11) is 0. The van der Waals surface area contributed by atoms with E-state index in [0.717, 1.165) is 0 Å². The highest BCUT2D eigenvalue weighted by Crippen LogP contribution is 2.33. The third-order valence-corrected chi connectivity index (χ3v) is 5.63. The van der Waals surface area contributed by atoms with E-state index in [0.29, 0.717) is 51.4 Å². The number of rotatable bonds is 7. The van der Waals surface area contributed by atoms with Gasteiger partial charge >= 0.3 is 5.97 Å². The summed E-state index contributed by atoms with van der Waals surface area (Å²) < 4.78 is 18.0. The van der Waals surface area contributed by atoms with Crippen LogP contribution in [0.2, 0.25) is 5.02 Å². The third kappa shape index (κ3) is 4.35. The molecule has 0 spiro atoms. The Morgan fingerprint density at radius 3 is 2.87 bits per heavy atom. The SMILES string of the molecule is O=c1cc(-c2ncc(Br)cc2OCCO[C@H]2C[C@H](C(=O)O)C2)oc2c(Cl)cccc12. The number of carboxylic acid groups (broad SMARTS) is 1. The highest BCUT2D eigenvalue weighted by atomic mass is 79.9. The molecule has 1 saturated carbocycles. The van der Waals surface area contributed by atoms with Crippen molar-refractivity contribution in [1.29, 1.82) is 0 Å². The number of pyridine rings is 1.